The van der Waals surface area contributed by atoms with Crippen LogP contribution in [0.5, 0.6) is 0 Å². The van der Waals surface area contributed by atoms with Crippen LogP contribution in [0.1, 0.15) is 136 Å². The Kier molecular flexibility index (Phi) is 17.3. The summed E-state index contributed by atoms with van der Waals surface area (Å²) >= 11 is 0. The molecule has 3 heterocycles. The number of Topliss-reactive ketones (excluding diaryl/α,β-unsaturated/α-hetero) is 1. The number of hydrogen-bond acceptors (Lipinski definition) is 12. The Morgan fingerprint density at radius 1 is 0.980 bits per heavy atom. The number of rotatable bonds is 25. The Balaban J connectivity index is 1.67. The van der Waals surface area contributed by atoms with E-state index in [-0.39, 0.29) is 29.5 Å². The molecule has 8 N–H and O–H groups in total. The second-order valence-electron chi connectivity index (χ2n) is 14.0. The second-order valence-corrected chi connectivity index (χ2v) is 14.0. The lowest BCUT2D eigenvalue weighted by Gasteiger charge is -2.35. The fourth-order valence-corrected chi connectivity index (χ4v) is 6.70. The molecule has 1 saturated heterocycles. The Bertz CT molecular complexity index is 1380. The first kappa shape index (κ1) is 41.5. The molecule has 3 rings (SSSR count). The van der Waals surface area contributed by atoms with Gasteiger partial charge in [0.15, 0.2) is 17.3 Å². The summed E-state index contributed by atoms with van der Waals surface area (Å²) in [7, 11) is 0. The number of aliphatic hydroxyl groups is 3. The highest BCUT2D eigenvalue weighted by molar-refractivity contribution is 5.93. The van der Waals surface area contributed by atoms with Gasteiger partial charge in [0.25, 0.3) is 5.56 Å². The lowest BCUT2D eigenvalue weighted by atomic mass is 9.92. The summed E-state index contributed by atoms with van der Waals surface area (Å²) in [4.78, 5) is 50.9. The van der Waals surface area contributed by atoms with Crippen molar-refractivity contribution >= 4 is 28.9 Å². The molecule has 1 aliphatic rings. The number of ketones is 1. The number of fused-ring (bicyclic) bond motifs is 1. The van der Waals surface area contributed by atoms with Crippen molar-refractivity contribution in [1.29, 1.82) is 0 Å². The maximum atomic E-state index is 14.6. The first-order chi connectivity index (χ1) is 24.0. The SMILES string of the molecule is CCCCCCCCCCCCCCCCCCC(OC(=O)[C@@H](N)[C@@H](C)CC)C(=O)[C@@]1(n2cnc3c(=O)[nH]c(N)nc32)O[C@H](CO)[C@@H](O)[C@H]1O. The van der Waals surface area contributed by atoms with Gasteiger partial charge in [-0.3, -0.25) is 23.9 Å². The van der Waals surface area contributed by atoms with Crippen molar-refractivity contribution in [2.45, 2.75) is 173 Å². The van der Waals surface area contributed by atoms with E-state index in [0.29, 0.717) is 12.8 Å². The topological polar surface area (TPSA) is 229 Å². The van der Waals surface area contributed by atoms with Gasteiger partial charge >= 0.3 is 5.97 Å². The molecule has 0 amide bonds. The van der Waals surface area contributed by atoms with Crippen molar-refractivity contribution in [3.63, 3.8) is 0 Å². The molecule has 1 unspecified atom stereocenters. The summed E-state index contributed by atoms with van der Waals surface area (Å²) in [5, 5.41) is 32.2. The summed E-state index contributed by atoms with van der Waals surface area (Å²) in [6.45, 7) is 5.19. The predicted octanol–water partition coefficient (Wildman–Crippen LogP) is 3.97. The van der Waals surface area contributed by atoms with Crippen LogP contribution in [0.25, 0.3) is 11.2 Å². The summed E-state index contributed by atoms with van der Waals surface area (Å²) < 4.78 is 12.7. The summed E-state index contributed by atoms with van der Waals surface area (Å²) in [5.41, 5.74) is 8.41. The van der Waals surface area contributed by atoms with Crippen molar-refractivity contribution in [2.24, 2.45) is 11.7 Å². The Morgan fingerprint density at radius 2 is 1.52 bits per heavy atom. The van der Waals surface area contributed by atoms with E-state index in [4.69, 9.17) is 20.9 Å². The van der Waals surface area contributed by atoms with Gasteiger partial charge in [-0.05, 0) is 18.8 Å². The molecule has 0 aliphatic carbocycles. The predicted molar refractivity (Wildman–Crippen MR) is 191 cm³/mol. The van der Waals surface area contributed by atoms with Crippen LogP contribution in [0.15, 0.2) is 11.1 Å². The maximum Gasteiger partial charge on any atom is 0.323 e. The van der Waals surface area contributed by atoms with Crippen molar-refractivity contribution < 1.29 is 34.4 Å². The number of H-pyrrole nitrogens is 1. The number of carbonyl (C=O) groups is 2. The molecule has 0 spiro atoms. The fraction of sp³-hybridized carbons (Fsp3) is 0.806. The third-order valence-electron chi connectivity index (χ3n) is 10.2. The lowest BCUT2D eigenvalue weighted by molar-refractivity contribution is -0.188. The number of ether oxygens (including phenoxy) is 2. The zero-order valence-corrected chi connectivity index (χ0v) is 30.4. The monoisotopic (exact) mass is 706 g/mol. The molecule has 14 nitrogen and oxygen atoms in total. The van der Waals surface area contributed by atoms with E-state index in [1.54, 1.807) is 6.92 Å². The van der Waals surface area contributed by atoms with Crippen molar-refractivity contribution in [2.75, 3.05) is 12.3 Å². The van der Waals surface area contributed by atoms with Crippen LogP contribution in [0.4, 0.5) is 5.95 Å². The normalized spacial score (nSPS) is 22.5. The van der Waals surface area contributed by atoms with Crippen LogP contribution in [-0.2, 0) is 24.8 Å². The largest absolute Gasteiger partial charge is 0.453 e. The zero-order chi connectivity index (χ0) is 36.7. The zero-order valence-electron chi connectivity index (χ0n) is 30.4. The van der Waals surface area contributed by atoms with Crippen LogP contribution in [0.2, 0.25) is 0 Å². The average molecular weight is 707 g/mol. The molecular formula is C36H62N6O8. The van der Waals surface area contributed by atoms with Crippen LogP contribution in [0, 0.1) is 5.92 Å². The van der Waals surface area contributed by atoms with Gasteiger partial charge < -0.3 is 36.3 Å². The summed E-state index contributed by atoms with van der Waals surface area (Å²) in [5.74, 6) is -2.21. The number of anilines is 1. The minimum Gasteiger partial charge on any atom is -0.453 e. The number of aromatic nitrogens is 4. The van der Waals surface area contributed by atoms with E-state index >= 15 is 0 Å². The van der Waals surface area contributed by atoms with E-state index in [1.165, 1.54) is 70.6 Å². The van der Waals surface area contributed by atoms with Gasteiger partial charge in [0.2, 0.25) is 17.5 Å². The van der Waals surface area contributed by atoms with Gasteiger partial charge in [-0.1, -0.05) is 124 Å². The number of imidazole rings is 1. The third kappa shape index (κ3) is 10.6. The van der Waals surface area contributed by atoms with Crippen LogP contribution in [0.3, 0.4) is 0 Å². The van der Waals surface area contributed by atoms with E-state index < -0.39 is 60.1 Å². The first-order valence-corrected chi connectivity index (χ1v) is 18.9. The molecule has 0 radical (unpaired) electrons. The van der Waals surface area contributed by atoms with Crippen molar-refractivity contribution in [3.05, 3.63) is 16.7 Å². The second kappa shape index (κ2) is 20.8. The average Bonchev–Trinajstić information content (AvgIpc) is 3.64. The van der Waals surface area contributed by atoms with Crippen LogP contribution < -0.4 is 17.0 Å². The minimum atomic E-state index is -2.46. The first-order valence-electron chi connectivity index (χ1n) is 18.9. The highest BCUT2D eigenvalue weighted by Gasteiger charge is 2.62. The number of carbonyl (C=O) groups excluding carboxylic acids is 2. The Labute approximate surface area is 295 Å². The highest BCUT2D eigenvalue weighted by Crippen LogP contribution is 2.40. The quantitative estimate of drug-likeness (QED) is 0.0637. The van der Waals surface area contributed by atoms with Crippen molar-refractivity contribution in [3.8, 4) is 0 Å². The third-order valence-corrected chi connectivity index (χ3v) is 10.2. The van der Waals surface area contributed by atoms with Gasteiger partial charge in [-0.25, -0.2) is 4.98 Å². The van der Waals surface area contributed by atoms with Crippen LogP contribution >= 0.6 is 0 Å². The number of esters is 1. The van der Waals surface area contributed by atoms with Gasteiger partial charge in [-0.15, -0.1) is 0 Å². The summed E-state index contributed by atoms with van der Waals surface area (Å²) in [6.07, 6.45) is 14.0. The fourth-order valence-electron chi connectivity index (χ4n) is 6.70. The molecule has 0 bridgehead atoms. The van der Waals surface area contributed by atoms with Crippen molar-refractivity contribution in [1.82, 2.24) is 19.5 Å². The van der Waals surface area contributed by atoms with E-state index in [1.807, 2.05) is 6.92 Å². The van der Waals surface area contributed by atoms with Gasteiger partial charge in [0, 0.05) is 0 Å². The van der Waals surface area contributed by atoms with Crippen LogP contribution in [-0.4, -0.2) is 83.7 Å². The number of hydrogen-bond donors (Lipinski definition) is 6. The standard InChI is InChI=1S/C36H62N6O8/c1-4-6-7-8-9-10-11-12-13-14-15-16-17-18-19-20-21-25(49-34(48)27(37)24(3)5-2)30(45)36(31(46)29(44)26(22-43)50-36)42-23-39-28-32(42)40-35(38)41-33(28)47/h23-27,29,31,43-44,46H,4-22,37H2,1-3H3,(H3,38,40,41,47)/t24-,25?,26+,27-,29+,31+,36+/m0/s1. The summed E-state index contributed by atoms with van der Waals surface area (Å²) in [6, 6.07) is -1.00. The number of unbranched alkanes of at least 4 members (excludes halogenated alkanes) is 15. The molecule has 0 saturated carbocycles. The van der Waals surface area contributed by atoms with E-state index in [0.717, 1.165) is 36.6 Å². The Morgan fingerprint density at radius 3 is 2.02 bits per heavy atom. The number of nitrogen functional groups attached to an aromatic ring is 1. The molecule has 284 valence electrons. The van der Waals surface area contributed by atoms with Gasteiger partial charge in [0.05, 0.1) is 6.61 Å². The van der Waals surface area contributed by atoms with E-state index in [9.17, 15) is 29.7 Å². The highest BCUT2D eigenvalue weighted by atomic mass is 16.6. The number of aliphatic hydroxyl groups excluding tert-OH is 3. The molecule has 2 aromatic rings. The molecule has 2 aromatic heterocycles. The molecule has 50 heavy (non-hydrogen) atoms. The van der Waals surface area contributed by atoms with Gasteiger partial charge in [0.1, 0.15) is 30.7 Å². The smallest absolute Gasteiger partial charge is 0.323 e. The van der Waals surface area contributed by atoms with Gasteiger partial charge in [-0.2, -0.15) is 4.98 Å². The molecule has 7 atom stereocenters. The molecule has 0 aromatic carbocycles. The van der Waals surface area contributed by atoms with E-state index in [2.05, 4.69) is 21.9 Å². The molecule has 1 fully saturated rings. The maximum absolute atomic E-state index is 14.6. The minimum absolute atomic E-state index is 0.0940. The molecular weight excluding hydrogens is 644 g/mol. The molecule has 1 aliphatic heterocycles. The Hall–Kier alpha value is -2.91. The number of aromatic amines is 1. The lowest BCUT2D eigenvalue weighted by Crippen LogP contribution is -2.56. The number of nitrogens with one attached hydrogen (secondary N) is 1. The molecule has 14 heteroatoms. The number of nitrogens with two attached hydrogens (primary N) is 2. The number of nitrogens with zero attached hydrogens (tertiary/aromatic N) is 3.